The smallest absolute Gasteiger partial charge is 0.259 e. The molecule has 5 nitrogen and oxygen atoms in total. The molecule has 3 rings (SSSR count). The minimum absolute atomic E-state index is 0.0184. The van der Waals surface area contributed by atoms with Gasteiger partial charge in [0, 0.05) is 31.7 Å². The van der Waals surface area contributed by atoms with Crippen molar-refractivity contribution < 1.29 is 14.3 Å². The van der Waals surface area contributed by atoms with Crippen LogP contribution in [-0.4, -0.2) is 54.4 Å². The van der Waals surface area contributed by atoms with E-state index in [4.69, 9.17) is 4.74 Å². The van der Waals surface area contributed by atoms with Gasteiger partial charge in [-0.2, -0.15) is 0 Å². The lowest BCUT2D eigenvalue weighted by Gasteiger charge is -2.33. The summed E-state index contributed by atoms with van der Waals surface area (Å²) in [4.78, 5) is 28.4. The van der Waals surface area contributed by atoms with Crippen molar-refractivity contribution in [2.45, 2.75) is 51.1 Å². The summed E-state index contributed by atoms with van der Waals surface area (Å²) in [5, 5.41) is 0. The summed E-state index contributed by atoms with van der Waals surface area (Å²) in [6.07, 6.45) is 5.99. The largest absolute Gasteiger partial charge is 0.484 e. The highest BCUT2D eigenvalue weighted by molar-refractivity contribution is 5.95. The fraction of sp³-hybridized carbons (Fsp3) is 0.600. The molecule has 1 heterocycles. The van der Waals surface area contributed by atoms with Crippen molar-refractivity contribution in [2.24, 2.45) is 5.92 Å². The Kier molecular flexibility index (Phi) is 5.30. The minimum Gasteiger partial charge on any atom is -0.484 e. The summed E-state index contributed by atoms with van der Waals surface area (Å²) in [5.74, 6) is 1.21. The first-order valence-corrected chi connectivity index (χ1v) is 9.23. The van der Waals surface area contributed by atoms with E-state index in [-0.39, 0.29) is 18.4 Å². The van der Waals surface area contributed by atoms with Crippen LogP contribution in [0.15, 0.2) is 24.3 Å². The third-order valence-electron chi connectivity index (χ3n) is 5.52. The van der Waals surface area contributed by atoms with Crippen LogP contribution >= 0.6 is 0 Å². The van der Waals surface area contributed by atoms with Gasteiger partial charge in [0.25, 0.3) is 11.8 Å². The van der Waals surface area contributed by atoms with Gasteiger partial charge in [-0.15, -0.1) is 0 Å². The van der Waals surface area contributed by atoms with E-state index in [0.717, 1.165) is 12.8 Å². The molecule has 0 spiro atoms. The highest BCUT2D eigenvalue weighted by atomic mass is 16.5. The molecule has 1 saturated carbocycles. The number of hydrogen-bond donors (Lipinski definition) is 0. The number of amides is 2. The first kappa shape index (κ1) is 17.8. The maximum absolute atomic E-state index is 13.1. The summed E-state index contributed by atoms with van der Waals surface area (Å²) in [6.45, 7) is 2.14. The standard InChI is InChI=1S/C20H28N2O3/c1-14-11-15-7-4-5-10-18(15)22(14)20(24)16-8-6-9-17(12-16)25-13-19(23)21(2)3/h6,8-9,12,14-15,18H,4-5,7,10-11,13H2,1-3H3. The summed E-state index contributed by atoms with van der Waals surface area (Å²) in [6, 6.07) is 7.88. The third kappa shape index (κ3) is 3.80. The molecule has 2 amide bonds. The van der Waals surface area contributed by atoms with E-state index in [1.54, 1.807) is 26.2 Å². The van der Waals surface area contributed by atoms with Crippen LogP contribution in [0.1, 0.15) is 49.4 Å². The zero-order valence-electron chi connectivity index (χ0n) is 15.4. The number of nitrogens with zero attached hydrogens (tertiary/aromatic N) is 2. The lowest BCUT2D eigenvalue weighted by atomic mass is 9.85. The first-order chi connectivity index (χ1) is 12.0. The molecule has 0 radical (unpaired) electrons. The van der Waals surface area contributed by atoms with Crippen LogP contribution < -0.4 is 4.74 Å². The second-order valence-corrected chi connectivity index (χ2v) is 7.51. The van der Waals surface area contributed by atoms with Crippen LogP contribution in [0, 0.1) is 5.92 Å². The van der Waals surface area contributed by atoms with Crippen molar-refractivity contribution in [1.29, 1.82) is 0 Å². The topological polar surface area (TPSA) is 49.9 Å². The molecule has 1 aromatic rings. The SMILES string of the molecule is CC1CC2CCCCC2N1C(=O)c1cccc(OCC(=O)N(C)C)c1. The minimum atomic E-state index is -0.102. The van der Waals surface area contributed by atoms with E-state index in [1.807, 2.05) is 12.1 Å². The lowest BCUT2D eigenvalue weighted by Crippen LogP contribution is -2.42. The van der Waals surface area contributed by atoms with E-state index in [1.165, 1.54) is 24.2 Å². The maximum Gasteiger partial charge on any atom is 0.259 e. The molecule has 0 N–H and O–H groups in total. The number of fused-ring (bicyclic) bond motifs is 1. The Morgan fingerprint density at radius 2 is 2.00 bits per heavy atom. The number of benzene rings is 1. The van der Waals surface area contributed by atoms with E-state index in [2.05, 4.69) is 11.8 Å². The van der Waals surface area contributed by atoms with Gasteiger partial charge < -0.3 is 14.5 Å². The number of likely N-dealkylation sites (N-methyl/N-ethyl adjacent to an activating group) is 1. The number of likely N-dealkylation sites (tertiary alicyclic amines) is 1. The fourth-order valence-electron chi connectivity index (χ4n) is 4.20. The van der Waals surface area contributed by atoms with Gasteiger partial charge in [0.15, 0.2) is 6.61 Å². The van der Waals surface area contributed by atoms with Gasteiger partial charge >= 0.3 is 0 Å². The van der Waals surface area contributed by atoms with E-state index in [0.29, 0.717) is 29.3 Å². The van der Waals surface area contributed by atoms with Gasteiger partial charge in [-0.25, -0.2) is 0 Å². The van der Waals surface area contributed by atoms with Crippen molar-refractivity contribution in [3.63, 3.8) is 0 Å². The molecular weight excluding hydrogens is 316 g/mol. The summed E-state index contributed by atoms with van der Waals surface area (Å²) in [7, 11) is 3.39. The number of carbonyl (C=O) groups excluding carboxylic acids is 2. The number of ether oxygens (including phenoxy) is 1. The van der Waals surface area contributed by atoms with Gasteiger partial charge in [-0.1, -0.05) is 18.9 Å². The Morgan fingerprint density at radius 1 is 1.24 bits per heavy atom. The number of hydrogen-bond acceptors (Lipinski definition) is 3. The summed E-state index contributed by atoms with van der Waals surface area (Å²) in [5.41, 5.74) is 0.646. The quantitative estimate of drug-likeness (QED) is 0.844. The van der Waals surface area contributed by atoms with Gasteiger partial charge in [0.2, 0.25) is 0 Å². The second-order valence-electron chi connectivity index (χ2n) is 7.51. The molecule has 1 saturated heterocycles. The Morgan fingerprint density at radius 3 is 2.76 bits per heavy atom. The molecule has 1 aromatic carbocycles. The molecule has 136 valence electrons. The molecular formula is C20H28N2O3. The summed E-state index contributed by atoms with van der Waals surface area (Å²) >= 11 is 0. The van der Waals surface area contributed by atoms with E-state index < -0.39 is 0 Å². The van der Waals surface area contributed by atoms with Crippen molar-refractivity contribution in [3.8, 4) is 5.75 Å². The molecule has 0 bridgehead atoms. The van der Waals surface area contributed by atoms with Gasteiger partial charge in [0.05, 0.1) is 0 Å². The van der Waals surface area contributed by atoms with Gasteiger partial charge in [-0.05, 0) is 50.3 Å². The molecule has 1 aliphatic heterocycles. The third-order valence-corrected chi connectivity index (χ3v) is 5.52. The van der Waals surface area contributed by atoms with E-state index in [9.17, 15) is 9.59 Å². The molecule has 25 heavy (non-hydrogen) atoms. The van der Waals surface area contributed by atoms with Crippen LogP contribution in [0.2, 0.25) is 0 Å². The van der Waals surface area contributed by atoms with Gasteiger partial charge in [-0.3, -0.25) is 9.59 Å². The predicted octanol–water partition coefficient (Wildman–Crippen LogP) is 2.95. The zero-order chi connectivity index (χ0) is 18.0. The van der Waals surface area contributed by atoms with Crippen molar-refractivity contribution in [1.82, 2.24) is 9.80 Å². The fourth-order valence-corrected chi connectivity index (χ4v) is 4.20. The Labute approximate surface area is 149 Å². The van der Waals surface area contributed by atoms with Gasteiger partial charge in [0.1, 0.15) is 5.75 Å². The highest BCUT2D eigenvalue weighted by Crippen LogP contribution is 2.40. The Balaban J connectivity index is 1.71. The summed E-state index contributed by atoms with van der Waals surface area (Å²) < 4.78 is 5.55. The van der Waals surface area contributed by atoms with Crippen LogP contribution in [0.3, 0.4) is 0 Å². The van der Waals surface area contributed by atoms with Crippen LogP contribution in [0.4, 0.5) is 0 Å². The molecule has 2 aliphatic rings. The van der Waals surface area contributed by atoms with Crippen LogP contribution in [0.5, 0.6) is 5.75 Å². The number of rotatable bonds is 4. The Hall–Kier alpha value is -2.04. The second kappa shape index (κ2) is 7.46. The predicted molar refractivity (Wildman–Crippen MR) is 96.6 cm³/mol. The van der Waals surface area contributed by atoms with Crippen LogP contribution in [0.25, 0.3) is 0 Å². The molecule has 1 aliphatic carbocycles. The monoisotopic (exact) mass is 344 g/mol. The average molecular weight is 344 g/mol. The van der Waals surface area contributed by atoms with Crippen molar-refractivity contribution in [2.75, 3.05) is 20.7 Å². The van der Waals surface area contributed by atoms with Crippen molar-refractivity contribution >= 4 is 11.8 Å². The molecule has 0 aromatic heterocycles. The average Bonchev–Trinajstić information content (AvgIpc) is 2.94. The van der Waals surface area contributed by atoms with Crippen LogP contribution in [-0.2, 0) is 4.79 Å². The first-order valence-electron chi connectivity index (χ1n) is 9.23. The van der Waals surface area contributed by atoms with E-state index >= 15 is 0 Å². The molecule has 3 atom stereocenters. The molecule has 5 heteroatoms. The highest BCUT2D eigenvalue weighted by Gasteiger charge is 2.42. The lowest BCUT2D eigenvalue weighted by molar-refractivity contribution is -0.130. The maximum atomic E-state index is 13.1. The Bertz CT molecular complexity index is 644. The zero-order valence-corrected chi connectivity index (χ0v) is 15.4. The van der Waals surface area contributed by atoms with Crippen molar-refractivity contribution in [3.05, 3.63) is 29.8 Å². The number of carbonyl (C=O) groups is 2. The molecule has 2 fully saturated rings. The molecule has 3 unspecified atom stereocenters. The normalized spacial score (nSPS) is 25.4.